The maximum Gasteiger partial charge on any atom is 0.235 e. The molecule has 0 saturated carbocycles. The third-order valence-corrected chi connectivity index (χ3v) is 4.82. The van der Waals surface area contributed by atoms with Crippen molar-refractivity contribution in [1.29, 1.82) is 0 Å². The van der Waals surface area contributed by atoms with E-state index in [1.807, 2.05) is 73.7 Å². The van der Waals surface area contributed by atoms with E-state index in [9.17, 15) is 4.79 Å². The van der Waals surface area contributed by atoms with Gasteiger partial charge in [-0.3, -0.25) is 4.79 Å². The first-order valence-electron chi connectivity index (χ1n) is 9.49. The van der Waals surface area contributed by atoms with Crippen molar-refractivity contribution in [3.8, 4) is 17.1 Å². The Labute approximate surface area is 164 Å². The first kappa shape index (κ1) is 18.1. The van der Waals surface area contributed by atoms with Crippen LogP contribution in [0.25, 0.3) is 22.3 Å². The maximum atomic E-state index is 13.3. The van der Waals surface area contributed by atoms with Crippen LogP contribution in [0.1, 0.15) is 23.6 Å². The second-order valence-electron chi connectivity index (χ2n) is 6.92. The van der Waals surface area contributed by atoms with E-state index in [1.54, 1.807) is 0 Å². The van der Waals surface area contributed by atoms with Crippen molar-refractivity contribution in [2.45, 2.75) is 26.9 Å². The van der Waals surface area contributed by atoms with Gasteiger partial charge < -0.3 is 9.15 Å². The van der Waals surface area contributed by atoms with Gasteiger partial charge in [0.25, 0.3) is 0 Å². The average Bonchev–Trinajstić information content (AvgIpc) is 2.73. The molecule has 0 aliphatic carbocycles. The molecule has 0 amide bonds. The summed E-state index contributed by atoms with van der Waals surface area (Å²) >= 11 is 0. The summed E-state index contributed by atoms with van der Waals surface area (Å²) in [5.41, 5.74) is 4.52. The number of ether oxygens (including phenoxy) is 1. The van der Waals surface area contributed by atoms with Crippen LogP contribution in [0.5, 0.6) is 5.75 Å². The molecule has 3 heteroatoms. The second-order valence-corrected chi connectivity index (χ2v) is 6.92. The zero-order valence-electron chi connectivity index (χ0n) is 16.1. The number of aryl methyl sites for hydroxylation is 2. The summed E-state index contributed by atoms with van der Waals surface area (Å²) in [5.74, 6) is 0.725. The molecule has 1 heterocycles. The molecule has 0 N–H and O–H groups in total. The van der Waals surface area contributed by atoms with Crippen molar-refractivity contribution >= 4 is 11.0 Å². The fourth-order valence-corrected chi connectivity index (χ4v) is 3.31. The van der Waals surface area contributed by atoms with Gasteiger partial charge in [-0.25, -0.2) is 0 Å². The molecular weight excluding hydrogens is 348 g/mol. The fourth-order valence-electron chi connectivity index (χ4n) is 3.31. The van der Waals surface area contributed by atoms with Gasteiger partial charge >= 0.3 is 0 Å². The second kappa shape index (κ2) is 7.73. The van der Waals surface area contributed by atoms with Crippen molar-refractivity contribution < 1.29 is 9.15 Å². The number of fused-ring (bicyclic) bond motifs is 1. The first-order chi connectivity index (χ1) is 13.7. The van der Waals surface area contributed by atoms with E-state index in [4.69, 9.17) is 9.15 Å². The van der Waals surface area contributed by atoms with Gasteiger partial charge in [-0.05, 0) is 36.6 Å². The van der Waals surface area contributed by atoms with Crippen LogP contribution >= 0.6 is 0 Å². The molecule has 0 fully saturated rings. The highest BCUT2D eigenvalue weighted by Gasteiger charge is 2.18. The number of hydrogen-bond acceptors (Lipinski definition) is 3. The van der Waals surface area contributed by atoms with Gasteiger partial charge in [-0.1, -0.05) is 73.2 Å². The summed E-state index contributed by atoms with van der Waals surface area (Å²) in [6.07, 6.45) is 0.856. The molecule has 0 aliphatic rings. The molecule has 0 unspecified atom stereocenters. The highest BCUT2D eigenvalue weighted by atomic mass is 16.5. The van der Waals surface area contributed by atoms with Gasteiger partial charge in [0.05, 0.1) is 5.39 Å². The van der Waals surface area contributed by atoms with Crippen LogP contribution in [0, 0.1) is 6.92 Å². The molecule has 4 rings (SSSR count). The van der Waals surface area contributed by atoms with Crippen LogP contribution in [0.4, 0.5) is 0 Å². The number of benzene rings is 3. The number of rotatable bonds is 5. The molecule has 140 valence electrons. The summed E-state index contributed by atoms with van der Waals surface area (Å²) in [5, 5.41) is 0.554. The van der Waals surface area contributed by atoms with E-state index < -0.39 is 0 Å². The van der Waals surface area contributed by atoms with E-state index in [1.165, 1.54) is 0 Å². The van der Waals surface area contributed by atoms with Gasteiger partial charge in [-0.15, -0.1) is 0 Å². The Morgan fingerprint density at radius 3 is 2.46 bits per heavy atom. The van der Waals surface area contributed by atoms with Gasteiger partial charge in [0.15, 0.2) is 5.76 Å². The highest BCUT2D eigenvalue weighted by molar-refractivity contribution is 5.82. The Morgan fingerprint density at radius 2 is 1.71 bits per heavy atom. The minimum Gasteiger partial charge on any atom is -0.481 e. The molecule has 3 aromatic carbocycles. The normalized spacial score (nSPS) is 10.9. The van der Waals surface area contributed by atoms with E-state index >= 15 is 0 Å². The summed E-state index contributed by atoms with van der Waals surface area (Å²) in [6.45, 7) is 4.41. The van der Waals surface area contributed by atoms with Crippen molar-refractivity contribution in [2.24, 2.45) is 0 Å². The predicted molar refractivity (Wildman–Crippen MR) is 113 cm³/mol. The van der Waals surface area contributed by atoms with Crippen LogP contribution in [-0.4, -0.2) is 0 Å². The van der Waals surface area contributed by atoms with E-state index in [2.05, 4.69) is 13.0 Å². The lowest BCUT2D eigenvalue weighted by atomic mass is 10.1. The molecule has 0 spiro atoms. The largest absolute Gasteiger partial charge is 0.481 e. The summed E-state index contributed by atoms with van der Waals surface area (Å²) in [7, 11) is 0. The van der Waals surface area contributed by atoms with Crippen LogP contribution in [-0.2, 0) is 13.0 Å². The monoisotopic (exact) mass is 370 g/mol. The number of hydrogen-bond donors (Lipinski definition) is 0. The summed E-state index contributed by atoms with van der Waals surface area (Å²) < 4.78 is 12.2. The molecule has 0 bridgehead atoms. The minimum atomic E-state index is -0.136. The van der Waals surface area contributed by atoms with Crippen molar-refractivity contribution in [3.05, 3.63) is 99.7 Å². The van der Waals surface area contributed by atoms with Crippen LogP contribution in [0.2, 0.25) is 0 Å². The Morgan fingerprint density at radius 1 is 0.893 bits per heavy atom. The lowest BCUT2D eigenvalue weighted by Crippen LogP contribution is -2.10. The SMILES string of the molecule is CCc1ccc2oc(-c3ccccc3)c(OCc3cccc(C)c3)c(=O)c2c1. The molecule has 4 aromatic rings. The standard InChI is InChI=1S/C25H22O3/c1-3-18-12-13-22-21(15-18)23(26)25(24(28-22)20-10-5-4-6-11-20)27-16-19-9-7-8-17(2)14-19/h4-15H,3,16H2,1-2H3. The quantitative estimate of drug-likeness (QED) is 0.438. The topological polar surface area (TPSA) is 39.4 Å². The Bertz CT molecular complexity index is 1170. The minimum absolute atomic E-state index is 0.136. The average molecular weight is 370 g/mol. The smallest absolute Gasteiger partial charge is 0.235 e. The van der Waals surface area contributed by atoms with Crippen LogP contribution in [0.15, 0.2) is 82.0 Å². The first-order valence-corrected chi connectivity index (χ1v) is 9.49. The lowest BCUT2D eigenvalue weighted by Gasteiger charge is -2.12. The molecule has 0 aliphatic heterocycles. The molecular formula is C25H22O3. The zero-order valence-corrected chi connectivity index (χ0v) is 16.1. The molecule has 0 atom stereocenters. The van der Waals surface area contributed by atoms with E-state index in [0.717, 1.165) is 28.7 Å². The Hall–Kier alpha value is -3.33. The van der Waals surface area contributed by atoms with E-state index in [-0.39, 0.29) is 11.2 Å². The van der Waals surface area contributed by atoms with Gasteiger partial charge in [0.1, 0.15) is 12.2 Å². The Balaban J connectivity index is 1.85. The Kier molecular flexibility index (Phi) is 4.98. The summed E-state index contributed by atoms with van der Waals surface area (Å²) in [6, 6.07) is 23.5. The highest BCUT2D eigenvalue weighted by Crippen LogP contribution is 2.31. The molecule has 0 radical (unpaired) electrons. The van der Waals surface area contributed by atoms with E-state index in [0.29, 0.717) is 23.3 Å². The fraction of sp³-hybridized carbons (Fsp3) is 0.160. The molecule has 28 heavy (non-hydrogen) atoms. The van der Waals surface area contributed by atoms with Crippen LogP contribution in [0.3, 0.4) is 0 Å². The van der Waals surface area contributed by atoms with Gasteiger partial charge in [-0.2, -0.15) is 0 Å². The third kappa shape index (κ3) is 3.56. The maximum absolute atomic E-state index is 13.3. The van der Waals surface area contributed by atoms with Crippen LogP contribution < -0.4 is 10.2 Å². The molecule has 1 aromatic heterocycles. The lowest BCUT2D eigenvalue weighted by molar-refractivity contribution is 0.298. The predicted octanol–water partition coefficient (Wildman–Crippen LogP) is 5.91. The summed E-state index contributed by atoms with van der Waals surface area (Å²) in [4.78, 5) is 13.3. The van der Waals surface area contributed by atoms with Gasteiger partial charge in [0, 0.05) is 5.56 Å². The third-order valence-electron chi connectivity index (χ3n) is 4.82. The molecule has 0 saturated heterocycles. The zero-order chi connectivity index (χ0) is 19.5. The van der Waals surface area contributed by atoms with Gasteiger partial charge in [0.2, 0.25) is 11.2 Å². The van der Waals surface area contributed by atoms with Crippen molar-refractivity contribution in [3.63, 3.8) is 0 Å². The molecule has 3 nitrogen and oxygen atoms in total. The van der Waals surface area contributed by atoms with Crippen molar-refractivity contribution in [1.82, 2.24) is 0 Å². The van der Waals surface area contributed by atoms with Crippen molar-refractivity contribution in [2.75, 3.05) is 0 Å².